The van der Waals surface area contributed by atoms with E-state index in [-0.39, 0.29) is 5.69 Å². The maximum Gasteiger partial charge on any atom is 0.356 e. The first-order valence-corrected chi connectivity index (χ1v) is 3.95. The first-order chi connectivity index (χ1) is 5.68. The summed E-state index contributed by atoms with van der Waals surface area (Å²) in [7, 11) is 1.75. The van der Waals surface area contributed by atoms with E-state index in [1.807, 2.05) is 0 Å². The molecule has 0 spiro atoms. The molecule has 4 nitrogen and oxygen atoms in total. The van der Waals surface area contributed by atoms with E-state index >= 15 is 0 Å². The molecule has 1 fully saturated rings. The Morgan fingerprint density at radius 3 is 2.92 bits per heavy atom. The summed E-state index contributed by atoms with van der Waals surface area (Å²) in [5, 5.41) is 12.7. The highest BCUT2D eigenvalue weighted by molar-refractivity contribution is 5.87. The van der Waals surface area contributed by atoms with E-state index in [0.717, 1.165) is 18.4 Å². The Morgan fingerprint density at radius 2 is 2.42 bits per heavy atom. The van der Waals surface area contributed by atoms with Gasteiger partial charge >= 0.3 is 5.97 Å². The predicted octanol–water partition coefficient (Wildman–Crippen LogP) is 0.996. The summed E-state index contributed by atoms with van der Waals surface area (Å²) in [5.74, 6) is -0.470. The molecule has 2 rings (SSSR count). The highest BCUT2D eigenvalue weighted by atomic mass is 16.4. The largest absolute Gasteiger partial charge is 0.476 e. The Hall–Kier alpha value is -1.32. The number of nitrogens with zero attached hydrogens (tertiary/aromatic N) is 2. The molecule has 0 aliphatic heterocycles. The van der Waals surface area contributed by atoms with Gasteiger partial charge < -0.3 is 5.11 Å². The van der Waals surface area contributed by atoms with E-state index in [9.17, 15) is 4.79 Å². The van der Waals surface area contributed by atoms with Crippen LogP contribution in [0.5, 0.6) is 0 Å². The van der Waals surface area contributed by atoms with Gasteiger partial charge in [-0.2, -0.15) is 5.10 Å². The molecule has 0 unspecified atom stereocenters. The minimum absolute atomic E-state index is 0.222. The lowest BCUT2D eigenvalue weighted by molar-refractivity contribution is 0.0688. The summed E-state index contributed by atoms with van der Waals surface area (Å²) in [6, 6.07) is 0. The first-order valence-electron chi connectivity index (χ1n) is 3.95. The molecule has 0 atom stereocenters. The van der Waals surface area contributed by atoms with Gasteiger partial charge in [0, 0.05) is 18.8 Å². The fourth-order valence-corrected chi connectivity index (χ4v) is 1.37. The Bertz CT molecular complexity index is 326. The van der Waals surface area contributed by atoms with Crippen LogP contribution in [0.25, 0.3) is 0 Å². The molecule has 1 aromatic heterocycles. The fraction of sp³-hybridized carbons (Fsp3) is 0.500. The highest BCUT2D eigenvalue weighted by Crippen LogP contribution is 2.41. The zero-order chi connectivity index (χ0) is 8.72. The van der Waals surface area contributed by atoms with Gasteiger partial charge in [0.2, 0.25) is 0 Å². The molecule has 1 saturated carbocycles. The molecule has 0 aromatic carbocycles. The van der Waals surface area contributed by atoms with Crippen LogP contribution in [0.3, 0.4) is 0 Å². The van der Waals surface area contributed by atoms with Crippen LogP contribution < -0.4 is 0 Å². The number of hydrogen-bond acceptors (Lipinski definition) is 2. The maximum atomic E-state index is 10.7. The standard InChI is InChI=1S/C8H10N2O2/c1-10-4-6(5-2-3-5)7(9-10)8(11)12/h4-5H,2-3H2,1H3,(H,11,12). The number of carbonyl (C=O) groups is 1. The van der Waals surface area contributed by atoms with Gasteiger partial charge in [0.1, 0.15) is 0 Å². The number of aromatic nitrogens is 2. The quantitative estimate of drug-likeness (QED) is 0.712. The number of rotatable bonds is 2. The van der Waals surface area contributed by atoms with Gasteiger partial charge in [0.25, 0.3) is 0 Å². The Balaban J connectivity index is 2.43. The van der Waals surface area contributed by atoms with Crippen LogP contribution in [0.2, 0.25) is 0 Å². The van der Waals surface area contributed by atoms with Gasteiger partial charge in [-0.15, -0.1) is 0 Å². The summed E-state index contributed by atoms with van der Waals surface area (Å²) in [4.78, 5) is 10.7. The number of carboxylic acid groups (broad SMARTS) is 1. The smallest absolute Gasteiger partial charge is 0.356 e. The van der Waals surface area contributed by atoms with Gasteiger partial charge in [-0.3, -0.25) is 4.68 Å². The molecule has 1 heterocycles. The number of carboxylic acids is 1. The lowest BCUT2D eigenvalue weighted by Gasteiger charge is -1.91. The van der Waals surface area contributed by atoms with Crippen LogP contribution in [-0.4, -0.2) is 20.9 Å². The van der Waals surface area contributed by atoms with E-state index in [4.69, 9.17) is 5.11 Å². The second kappa shape index (κ2) is 2.33. The molecule has 64 valence electrons. The second-order valence-electron chi connectivity index (χ2n) is 3.19. The molecule has 0 radical (unpaired) electrons. The summed E-state index contributed by atoms with van der Waals surface area (Å²) < 4.78 is 1.57. The molecule has 0 bridgehead atoms. The molecule has 4 heteroatoms. The normalized spacial score (nSPS) is 16.4. The van der Waals surface area contributed by atoms with E-state index in [0.29, 0.717) is 5.92 Å². The van der Waals surface area contributed by atoms with Crippen LogP contribution in [0, 0.1) is 0 Å². The molecular formula is C8H10N2O2. The van der Waals surface area contributed by atoms with Gasteiger partial charge in [-0.05, 0) is 18.8 Å². The summed E-state index contributed by atoms with van der Waals surface area (Å²) in [6.45, 7) is 0. The van der Waals surface area contributed by atoms with Crippen LogP contribution in [-0.2, 0) is 7.05 Å². The van der Waals surface area contributed by atoms with Gasteiger partial charge in [-0.1, -0.05) is 0 Å². The predicted molar refractivity (Wildman–Crippen MR) is 42.1 cm³/mol. The molecule has 12 heavy (non-hydrogen) atoms. The highest BCUT2D eigenvalue weighted by Gasteiger charge is 2.30. The zero-order valence-corrected chi connectivity index (χ0v) is 6.82. The van der Waals surface area contributed by atoms with Crippen molar-refractivity contribution in [1.29, 1.82) is 0 Å². The van der Waals surface area contributed by atoms with Crippen molar-refractivity contribution in [2.75, 3.05) is 0 Å². The van der Waals surface area contributed by atoms with E-state index in [2.05, 4.69) is 5.10 Å². The molecule has 1 aliphatic rings. The Morgan fingerprint density at radius 1 is 1.75 bits per heavy atom. The summed E-state index contributed by atoms with van der Waals surface area (Å²) in [5.41, 5.74) is 1.12. The third kappa shape index (κ3) is 1.09. The van der Waals surface area contributed by atoms with Crippen molar-refractivity contribution in [3.8, 4) is 0 Å². The van der Waals surface area contributed by atoms with Gasteiger partial charge in [0.05, 0.1) is 0 Å². The summed E-state index contributed by atoms with van der Waals surface area (Å²) in [6.07, 6.45) is 4.01. The van der Waals surface area contributed by atoms with E-state index in [1.165, 1.54) is 0 Å². The average molecular weight is 166 g/mol. The second-order valence-corrected chi connectivity index (χ2v) is 3.19. The fourth-order valence-electron chi connectivity index (χ4n) is 1.37. The Labute approximate surface area is 69.8 Å². The van der Waals surface area contributed by atoms with Crippen molar-refractivity contribution in [2.24, 2.45) is 7.05 Å². The minimum atomic E-state index is -0.919. The topological polar surface area (TPSA) is 55.1 Å². The number of aromatic carboxylic acids is 1. The van der Waals surface area contributed by atoms with Gasteiger partial charge in [-0.25, -0.2) is 4.79 Å². The van der Waals surface area contributed by atoms with Gasteiger partial charge in [0.15, 0.2) is 5.69 Å². The SMILES string of the molecule is Cn1cc(C2CC2)c(C(=O)O)n1. The molecule has 1 aliphatic carbocycles. The van der Waals surface area contributed by atoms with Crippen molar-refractivity contribution >= 4 is 5.97 Å². The third-order valence-corrected chi connectivity index (χ3v) is 2.08. The summed E-state index contributed by atoms with van der Waals surface area (Å²) >= 11 is 0. The molecule has 1 aromatic rings. The van der Waals surface area contributed by atoms with E-state index in [1.54, 1.807) is 17.9 Å². The number of hydrogen-bond donors (Lipinski definition) is 1. The Kier molecular flexibility index (Phi) is 1.43. The van der Waals surface area contributed by atoms with Crippen molar-refractivity contribution in [2.45, 2.75) is 18.8 Å². The molecule has 1 N–H and O–H groups in total. The van der Waals surface area contributed by atoms with E-state index < -0.39 is 5.97 Å². The minimum Gasteiger partial charge on any atom is -0.476 e. The maximum absolute atomic E-state index is 10.7. The van der Waals surface area contributed by atoms with Crippen LogP contribution >= 0.6 is 0 Å². The lowest BCUT2D eigenvalue weighted by Crippen LogP contribution is -2.01. The first kappa shape index (κ1) is 7.34. The molecular weight excluding hydrogens is 156 g/mol. The van der Waals surface area contributed by atoms with Crippen molar-refractivity contribution in [1.82, 2.24) is 9.78 Å². The number of aryl methyl sites for hydroxylation is 1. The van der Waals surface area contributed by atoms with Crippen molar-refractivity contribution in [3.05, 3.63) is 17.5 Å². The lowest BCUT2D eigenvalue weighted by atomic mass is 10.2. The molecule has 0 saturated heterocycles. The van der Waals surface area contributed by atoms with Crippen LogP contribution in [0.1, 0.15) is 34.8 Å². The zero-order valence-electron chi connectivity index (χ0n) is 6.82. The van der Waals surface area contributed by atoms with Crippen molar-refractivity contribution < 1.29 is 9.90 Å². The third-order valence-electron chi connectivity index (χ3n) is 2.08. The van der Waals surface area contributed by atoms with Crippen LogP contribution in [0.4, 0.5) is 0 Å². The monoisotopic (exact) mass is 166 g/mol. The molecule has 0 amide bonds. The average Bonchev–Trinajstić information content (AvgIpc) is 2.75. The van der Waals surface area contributed by atoms with Crippen LogP contribution in [0.15, 0.2) is 6.20 Å². The van der Waals surface area contributed by atoms with Crippen molar-refractivity contribution in [3.63, 3.8) is 0 Å².